The van der Waals surface area contributed by atoms with E-state index < -0.39 is 0 Å². The summed E-state index contributed by atoms with van der Waals surface area (Å²) in [5.74, 6) is -0.366. The zero-order chi connectivity index (χ0) is 12.3. The molecule has 1 saturated carbocycles. The van der Waals surface area contributed by atoms with Gasteiger partial charge in [-0.05, 0) is 28.8 Å². The van der Waals surface area contributed by atoms with E-state index in [0.717, 1.165) is 8.79 Å². The number of hydrogen-bond acceptors (Lipinski definition) is 5. The highest BCUT2D eigenvalue weighted by Crippen LogP contribution is 2.25. The first-order valence-electron chi connectivity index (χ1n) is 5.67. The standard InChI is InChI=1S/C11H15BrN2O2S/c1-16-10(15)9-8(17-11(12)14-9)6-13-7-4-2-3-5-7/h7,13H,2-6H2,1H3. The number of esters is 1. The van der Waals surface area contributed by atoms with Gasteiger partial charge in [0.15, 0.2) is 9.61 Å². The molecule has 17 heavy (non-hydrogen) atoms. The summed E-state index contributed by atoms with van der Waals surface area (Å²) in [6, 6.07) is 0.585. The Balaban J connectivity index is 2.01. The maximum atomic E-state index is 11.5. The number of carbonyl (C=O) groups is 1. The lowest BCUT2D eigenvalue weighted by Gasteiger charge is -2.10. The number of thiazole rings is 1. The van der Waals surface area contributed by atoms with E-state index in [9.17, 15) is 4.79 Å². The maximum absolute atomic E-state index is 11.5. The second-order valence-electron chi connectivity index (χ2n) is 4.09. The highest BCUT2D eigenvalue weighted by Gasteiger charge is 2.20. The molecule has 0 spiro atoms. The third kappa shape index (κ3) is 3.26. The summed E-state index contributed by atoms with van der Waals surface area (Å²) in [5, 5.41) is 3.47. The van der Waals surface area contributed by atoms with Gasteiger partial charge in [0.2, 0.25) is 0 Å². The van der Waals surface area contributed by atoms with Crippen LogP contribution in [0.2, 0.25) is 0 Å². The van der Waals surface area contributed by atoms with Crippen LogP contribution < -0.4 is 5.32 Å². The molecule has 0 aliphatic heterocycles. The van der Waals surface area contributed by atoms with Crippen molar-refractivity contribution in [1.29, 1.82) is 0 Å². The van der Waals surface area contributed by atoms with Crippen molar-refractivity contribution in [1.82, 2.24) is 10.3 Å². The van der Waals surface area contributed by atoms with Crippen LogP contribution in [-0.2, 0) is 11.3 Å². The van der Waals surface area contributed by atoms with Crippen LogP contribution in [-0.4, -0.2) is 24.1 Å². The fourth-order valence-electron chi connectivity index (χ4n) is 2.07. The number of aromatic nitrogens is 1. The van der Waals surface area contributed by atoms with E-state index in [1.54, 1.807) is 0 Å². The van der Waals surface area contributed by atoms with Gasteiger partial charge in [-0.1, -0.05) is 12.8 Å². The van der Waals surface area contributed by atoms with Gasteiger partial charge in [0.1, 0.15) is 0 Å². The molecule has 1 aromatic rings. The summed E-state index contributed by atoms with van der Waals surface area (Å²) in [6.07, 6.45) is 5.06. The molecule has 0 saturated heterocycles. The number of nitrogens with zero attached hydrogens (tertiary/aromatic N) is 1. The fourth-order valence-corrected chi connectivity index (χ4v) is 3.55. The molecule has 1 N–H and O–H groups in total. The van der Waals surface area contributed by atoms with E-state index >= 15 is 0 Å². The topological polar surface area (TPSA) is 51.2 Å². The quantitative estimate of drug-likeness (QED) is 0.867. The van der Waals surface area contributed by atoms with Crippen molar-refractivity contribution in [3.8, 4) is 0 Å². The fraction of sp³-hybridized carbons (Fsp3) is 0.636. The van der Waals surface area contributed by atoms with E-state index in [1.165, 1.54) is 44.1 Å². The minimum absolute atomic E-state index is 0.366. The van der Waals surface area contributed by atoms with Gasteiger partial charge in [0, 0.05) is 12.6 Å². The predicted octanol–water partition coefficient (Wildman–Crippen LogP) is 2.72. The maximum Gasteiger partial charge on any atom is 0.357 e. The van der Waals surface area contributed by atoms with Gasteiger partial charge in [-0.2, -0.15) is 0 Å². The zero-order valence-corrected chi connectivity index (χ0v) is 12.1. The molecule has 1 fully saturated rings. The Morgan fingerprint density at radius 1 is 1.59 bits per heavy atom. The Labute approximate surface area is 113 Å². The Morgan fingerprint density at radius 2 is 2.29 bits per heavy atom. The molecule has 0 unspecified atom stereocenters. The van der Waals surface area contributed by atoms with Crippen LogP contribution in [0.4, 0.5) is 0 Å². The molecular weight excluding hydrogens is 304 g/mol. The largest absolute Gasteiger partial charge is 0.464 e. The van der Waals surface area contributed by atoms with Crippen LogP contribution in [0, 0.1) is 0 Å². The van der Waals surface area contributed by atoms with Gasteiger partial charge in [0.05, 0.1) is 12.0 Å². The van der Waals surface area contributed by atoms with Gasteiger partial charge < -0.3 is 10.1 Å². The van der Waals surface area contributed by atoms with Crippen LogP contribution in [0.1, 0.15) is 41.0 Å². The van der Waals surface area contributed by atoms with Crippen molar-refractivity contribution < 1.29 is 9.53 Å². The van der Waals surface area contributed by atoms with Crippen LogP contribution in [0.25, 0.3) is 0 Å². The van der Waals surface area contributed by atoms with E-state index in [2.05, 4.69) is 26.2 Å². The van der Waals surface area contributed by atoms with Crippen LogP contribution >= 0.6 is 27.3 Å². The monoisotopic (exact) mass is 318 g/mol. The van der Waals surface area contributed by atoms with Gasteiger partial charge in [-0.25, -0.2) is 9.78 Å². The molecule has 1 heterocycles. The second kappa shape index (κ2) is 5.93. The lowest BCUT2D eigenvalue weighted by Crippen LogP contribution is -2.25. The number of methoxy groups -OCH3 is 1. The molecule has 0 bridgehead atoms. The lowest BCUT2D eigenvalue weighted by atomic mass is 10.2. The number of hydrogen-bond donors (Lipinski definition) is 1. The molecule has 0 radical (unpaired) electrons. The average Bonchev–Trinajstić information content (AvgIpc) is 2.94. The summed E-state index contributed by atoms with van der Waals surface area (Å²) in [6.45, 7) is 0.693. The summed E-state index contributed by atoms with van der Waals surface area (Å²) in [7, 11) is 1.38. The Kier molecular flexibility index (Phi) is 4.53. The van der Waals surface area contributed by atoms with Crippen molar-refractivity contribution >= 4 is 33.2 Å². The third-order valence-corrected chi connectivity index (χ3v) is 4.46. The van der Waals surface area contributed by atoms with Gasteiger partial charge in [0.25, 0.3) is 0 Å². The van der Waals surface area contributed by atoms with E-state index in [4.69, 9.17) is 4.74 Å². The molecule has 0 atom stereocenters. The van der Waals surface area contributed by atoms with Crippen LogP contribution in [0.3, 0.4) is 0 Å². The van der Waals surface area contributed by atoms with Crippen LogP contribution in [0.15, 0.2) is 3.92 Å². The number of ether oxygens (including phenoxy) is 1. The predicted molar refractivity (Wildman–Crippen MR) is 70.2 cm³/mol. The van der Waals surface area contributed by atoms with Crippen molar-refractivity contribution in [3.63, 3.8) is 0 Å². The van der Waals surface area contributed by atoms with E-state index in [1.807, 2.05) is 0 Å². The smallest absolute Gasteiger partial charge is 0.357 e. The molecule has 1 aromatic heterocycles. The van der Waals surface area contributed by atoms with Crippen LogP contribution in [0.5, 0.6) is 0 Å². The molecular formula is C11H15BrN2O2S. The minimum atomic E-state index is -0.366. The van der Waals surface area contributed by atoms with Gasteiger partial charge >= 0.3 is 5.97 Å². The first kappa shape index (κ1) is 13.0. The number of carbonyl (C=O) groups excluding carboxylic acids is 1. The highest BCUT2D eigenvalue weighted by atomic mass is 79.9. The normalized spacial score (nSPS) is 16.4. The second-order valence-corrected chi connectivity index (χ2v) is 6.45. The van der Waals surface area contributed by atoms with E-state index in [0.29, 0.717) is 18.3 Å². The van der Waals surface area contributed by atoms with Gasteiger partial charge in [-0.3, -0.25) is 0 Å². The molecule has 2 rings (SSSR count). The SMILES string of the molecule is COC(=O)c1nc(Br)sc1CNC1CCCC1. The molecule has 1 aliphatic rings. The van der Waals surface area contributed by atoms with Crippen molar-refractivity contribution in [3.05, 3.63) is 14.5 Å². The van der Waals surface area contributed by atoms with Gasteiger partial charge in [-0.15, -0.1) is 11.3 Å². The van der Waals surface area contributed by atoms with Crippen molar-refractivity contribution in [2.24, 2.45) is 0 Å². The molecule has 94 valence electrons. The molecule has 4 nitrogen and oxygen atoms in total. The molecule has 0 amide bonds. The molecule has 1 aliphatic carbocycles. The first-order valence-corrected chi connectivity index (χ1v) is 7.28. The Hall–Kier alpha value is -0.460. The van der Waals surface area contributed by atoms with Crippen molar-refractivity contribution in [2.75, 3.05) is 7.11 Å². The summed E-state index contributed by atoms with van der Waals surface area (Å²) >= 11 is 4.79. The number of nitrogens with one attached hydrogen (secondary N) is 1. The average molecular weight is 319 g/mol. The zero-order valence-electron chi connectivity index (χ0n) is 9.66. The molecule has 0 aromatic carbocycles. The van der Waals surface area contributed by atoms with Crippen molar-refractivity contribution in [2.45, 2.75) is 38.3 Å². The Bertz CT molecular complexity index is 402. The number of rotatable bonds is 4. The Morgan fingerprint density at radius 3 is 2.94 bits per heavy atom. The summed E-state index contributed by atoms with van der Waals surface area (Å²) in [5.41, 5.74) is 0.426. The molecule has 6 heteroatoms. The lowest BCUT2D eigenvalue weighted by molar-refractivity contribution is 0.0593. The summed E-state index contributed by atoms with van der Waals surface area (Å²) < 4.78 is 5.44. The minimum Gasteiger partial charge on any atom is -0.464 e. The van der Waals surface area contributed by atoms with E-state index in [-0.39, 0.29) is 5.97 Å². The first-order chi connectivity index (χ1) is 8.20. The summed E-state index contributed by atoms with van der Waals surface area (Å²) in [4.78, 5) is 16.6. The third-order valence-electron chi connectivity index (χ3n) is 2.96. The highest BCUT2D eigenvalue weighted by molar-refractivity contribution is 9.11. The number of halogens is 1.